The molecule has 0 aromatic heterocycles. The Morgan fingerprint density at radius 1 is 1.80 bits per heavy atom. The van der Waals surface area contributed by atoms with Crippen molar-refractivity contribution >= 4 is 0 Å². The van der Waals surface area contributed by atoms with E-state index in [4.69, 9.17) is 0 Å². The molecule has 5 heavy (non-hydrogen) atoms. The molecule has 0 aromatic rings. The molecule has 0 saturated heterocycles. The van der Waals surface area contributed by atoms with Crippen molar-refractivity contribution in [3.63, 3.8) is 0 Å². The molecule has 0 rings (SSSR count). The maximum Gasteiger partial charge on any atom is 0 e. The van der Waals surface area contributed by atoms with Crippen LogP contribution in [0.4, 0.5) is 4.39 Å². The van der Waals surface area contributed by atoms with E-state index in [-0.39, 0.29) is 21.1 Å². The normalized spacial score (nSPS) is 7.60. The quantitative estimate of drug-likeness (QED) is 0.562. The van der Waals surface area contributed by atoms with Crippen molar-refractivity contribution in [2.45, 2.75) is 6.92 Å². The van der Waals surface area contributed by atoms with Gasteiger partial charge in [0.1, 0.15) is 0 Å². The average molecular weight is 243 g/mol. The number of hydrogen-bond donors (Lipinski definition) is 0. The molecule has 0 aromatic carbocycles. The summed E-state index contributed by atoms with van der Waals surface area (Å²) in [6, 6.07) is 0. The molecular weight excluding hydrogens is 239 g/mol. The molecule has 0 atom stereocenters. The summed E-state index contributed by atoms with van der Waals surface area (Å²) in [5.41, 5.74) is 0. The van der Waals surface area contributed by atoms with Crippen LogP contribution in [0, 0.1) is 6.08 Å². The zero-order valence-corrected chi connectivity index (χ0v) is 5.80. The Bertz CT molecular complexity index is 22.1. The first kappa shape index (κ1) is 9.02. The molecule has 0 amide bonds. The molecule has 0 nitrogen and oxygen atoms in total. The Morgan fingerprint density at radius 3 is 2.00 bits per heavy atom. The van der Waals surface area contributed by atoms with Crippen LogP contribution in [-0.4, -0.2) is 0 Å². The fourth-order valence-electron chi connectivity index (χ4n) is 0. The SMILES string of the molecule is C[C-]=CF.[W]. The van der Waals surface area contributed by atoms with Crippen molar-refractivity contribution in [2.24, 2.45) is 0 Å². The van der Waals surface area contributed by atoms with E-state index in [1.165, 1.54) is 6.92 Å². The summed E-state index contributed by atoms with van der Waals surface area (Å²) < 4.78 is 10.5. The average Bonchev–Trinajstić information content (AvgIpc) is 1.37. The zero-order chi connectivity index (χ0) is 3.41. The molecule has 0 bridgehead atoms. The summed E-state index contributed by atoms with van der Waals surface area (Å²) in [5.74, 6) is 0. The Morgan fingerprint density at radius 2 is 2.00 bits per heavy atom. The second kappa shape index (κ2) is 8.84. The first-order valence-electron chi connectivity index (χ1n) is 1.01. The fraction of sp³-hybridized carbons (Fsp3) is 0.333. The van der Waals surface area contributed by atoms with Crippen LogP contribution >= 0.6 is 0 Å². The summed E-state index contributed by atoms with van der Waals surface area (Å²) >= 11 is 0. The zero-order valence-electron chi connectivity index (χ0n) is 2.86. The van der Waals surface area contributed by atoms with Gasteiger partial charge in [0.2, 0.25) is 0 Å². The minimum absolute atomic E-state index is 0. The van der Waals surface area contributed by atoms with Gasteiger partial charge in [-0.15, -0.1) is 0 Å². The van der Waals surface area contributed by atoms with E-state index < -0.39 is 0 Å². The minimum Gasteiger partial charge on any atom is -0.470 e. The van der Waals surface area contributed by atoms with E-state index in [9.17, 15) is 4.39 Å². The van der Waals surface area contributed by atoms with Crippen LogP contribution in [0.2, 0.25) is 0 Å². The largest absolute Gasteiger partial charge is 0.470 e. The number of allylic oxidation sites excluding steroid dienone is 1. The summed E-state index contributed by atoms with van der Waals surface area (Å²) in [4.78, 5) is 0. The molecule has 2 heteroatoms. The first-order valence-corrected chi connectivity index (χ1v) is 1.01. The Hall–Kier alpha value is 0.358. The van der Waals surface area contributed by atoms with Gasteiger partial charge in [0, 0.05) is 21.1 Å². The Labute approximate surface area is 45.3 Å². The van der Waals surface area contributed by atoms with Gasteiger partial charge in [-0.05, 0) is 0 Å². The van der Waals surface area contributed by atoms with Crippen LogP contribution in [0.1, 0.15) is 6.92 Å². The summed E-state index contributed by atoms with van der Waals surface area (Å²) in [6.07, 6.45) is 2.51. The van der Waals surface area contributed by atoms with Crippen molar-refractivity contribution in [3.8, 4) is 0 Å². The van der Waals surface area contributed by atoms with Crippen LogP contribution in [0.25, 0.3) is 0 Å². The molecule has 0 heterocycles. The molecule has 0 aliphatic heterocycles. The smallest absolute Gasteiger partial charge is 0 e. The van der Waals surface area contributed by atoms with Gasteiger partial charge >= 0.3 is 0 Å². The van der Waals surface area contributed by atoms with E-state index in [0.29, 0.717) is 6.33 Å². The van der Waals surface area contributed by atoms with Gasteiger partial charge in [0.25, 0.3) is 0 Å². The molecular formula is C3H4FW-. The molecule has 0 unspecified atom stereocenters. The van der Waals surface area contributed by atoms with E-state index in [0.717, 1.165) is 0 Å². The van der Waals surface area contributed by atoms with Gasteiger partial charge < -0.3 is 6.08 Å². The minimum atomic E-state index is 0. The number of rotatable bonds is 0. The van der Waals surface area contributed by atoms with Crippen molar-refractivity contribution in [1.29, 1.82) is 0 Å². The van der Waals surface area contributed by atoms with Crippen LogP contribution in [-0.2, 0) is 21.1 Å². The van der Waals surface area contributed by atoms with Crippen LogP contribution < -0.4 is 0 Å². The van der Waals surface area contributed by atoms with Crippen LogP contribution in [0.5, 0.6) is 0 Å². The second-order valence-electron chi connectivity index (χ2n) is 0.398. The topological polar surface area (TPSA) is 0 Å². The molecule has 0 N–H and O–H groups in total. The van der Waals surface area contributed by atoms with Crippen molar-refractivity contribution in [1.82, 2.24) is 0 Å². The van der Waals surface area contributed by atoms with Gasteiger partial charge in [-0.1, -0.05) is 6.33 Å². The first-order chi connectivity index (χ1) is 1.91. The summed E-state index contributed by atoms with van der Waals surface area (Å²) in [6.45, 7) is 1.50. The fourth-order valence-corrected chi connectivity index (χ4v) is 0. The Kier molecular flexibility index (Phi) is 16.0. The molecule has 0 radical (unpaired) electrons. The van der Waals surface area contributed by atoms with Crippen molar-refractivity contribution < 1.29 is 25.5 Å². The van der Waals surface area contributed by atoms with Gasteiger partial charge in [-0.25, -0.2) is 0 Å². The second-order valence-corrected chi connectivity index (χ2v) is 0.398. The van der Waals surface area contributed by atoms with E-state index >= 15 is 0 Å². The van der Waals surface area contributed by atoms with Crippen molar-refractivity contribution in [3.05, 3.63) is 12.4 Å². The van der Waals surface area contributed by atoms with E-state index in [2.05, 4.69) is 6.08 Å². The van der Waals surface area contributed by atoms with Gasteiger partial charge in [0.05, 0.1) is 0 Å². The van der Waals surface area contributed by atoms with Gasteiger partial charge in [0.15, 0.2) is 0 Å². The summed E-state index contributed by atoms with van der Waals surface area (Å²) in [7, 11) is 0. The van der Waals surface area contributed by atoms with Crippen LogP contribution in [0.3, 0.4) is 0 Å². The maximum atomic E-state index is 10.5. The predicted molar refractivity (Wildman–Crippen MR) is 14.6 cm³/mol. The predicted octanol–water partition coefficient (Wildman–Crippen LogP) is 1.29. The Balaban J connectivity index is 0. The van der Waals surface area contributed by atoms with Gasteiger partial charge in [-0.2, -0.15) is 6.92 Å². The third kappa shape index (κ3) is 13.1. The molecule has 0 fully saturated rings. The molecule has 0 aliphatic carbocycles. The van der Waals surface area contributed by atoms with Crippen molar-refractivity contribution in [2.75, 3.05) is 0 Å². The van der Waals surface area contributed by atoms with Crippen LogP contribution in [0.15, 0.2) is 6.33 Å². The third-order valence-electron chi connectivity index (χ3n) is 0.109. The standard InChI is InChI=1S/C3H4F.W/c1-2-3-4;/h3H,1H3;/q-1;. The molecule has 0 saturated carbocycles. The monoisotopic (exact) mass is 243 g/mol. The number of hydrogen-bond acceptors (Lipinski definition) is 0. The van der Waals surface area contributed by atoms with Gasteiger partial charge in [-0.3, -0.25) is 4.39 Å². The summed E-state index contributed by atoms with van der Waals surface area (Å²) in [5, 5.41) is 0. The molecule has 30 valence electrons. The van der Waals surface area contributed by atoms with E-state index in [1.54, 1.807) is 0 Å². The molecule has 0 spiro atoms. The third-order valence-corrected chi connectivity index (χ3v) is 0.109. The number of halogens is 1. The van der Waals surface area contributed by atoms with E-state index in [1.807, 2.05) is 0 Å². The maximum absolute atomic E-state index is 10.5. The molecule has 0 aliphatic rings.